The fourth-order valence-electron chi connectivity index (χ4n) is 3.05. The molecule has 0 atom stereocenters. The van der Waals surface area contributed by atoms with Gasteiger partial charge in [-0.1, -0.05) is 43.2 Å². The van der Waals surface area contributed by atoms with Crippen LogP contribution in [0.4, 0.5) is 5.13 Å². The molecule has 0 aliphatic heterocycles. The van der Waals surface area contributed by atoms with Gasteiger partial charge in [-0.05, 0) is 48.4 Å². The van der Waals surface area contributed by atoms with E-state index in [-0.39, 0.29) is 12.3 Å². The van der Waals surface area contributed by atoms with Gasteiger partial charge in [0.2, 0.25) is 5.91 Å². The summed E-state index contributed by atoms with van der Waals surface area (Å²) in [5, 5.41) is 11.6. The van der Waals surface area contributed by atoms with Gasteiger partial charge in [0, 0.05) is 6.54 Å². The Bertz CT molecular complexity index is 1000. The van der Waals surface area contributed by atoms with Crippen molar-refractivity contribution in [3.63, 3.8) is 0 Å². The van der Waals surface area contributed by atoms with Crippen molar-refractivity contribution in [3.05, 3.63) is 46.7 Å². The Morgan fingerprint density at radius 1 is 1.16 bits per heavy atom. The van der Waals surface area contributed by atoms with Gasteiger partial charge in [-0.15, -0.1) is 5.10 Å². The lowest BCUT2D eigenvalue weighted by molar-refractivity contribution is -0.118. The van der Waals surface area contributed by atoms with Crippen LogP contribution in [0, 0.1) is 6.92 Å². The first-order chi connectivity index (χ1) is 15.0. The molecule has 0 unspecified atom stereocenters. The average molecular weight is 443 g/mol. The van der Waals surface area contributed by atoms with Crippen LogP contribution in [0.3, 0.4) is 0 Å². The van der Waals surface area contributed by atoms with Crippen LogP contribution >= 0.6 is 11.3 Å². The Balaban J connectivity index is 1.77. The first-order valence-electron chi connectivity index (χ1n) is 10.3. The van der Waals surface area contributed by atoms with E-state index in [0.717, 1.165) is 30.5 Å². The monoisotopic (exact) mass is 442 g/mol. The summed E-state index contributed by atoms with van der Waals surface area (Å²) in [6, 6.07) is 7.51. The maximum Gasteiger partial charge on any atom is 0.350 e. The number of hydrogen-bond donors (Lipinski definition) is 0. The summed E-state index contributed by atoms with van der Waals surface area (Å²) in [6.07, 6.45) is 4.68. The van der Waals surface area contributed by atoms with Crippen molar-refractivity contribution in [2.75, 3.05) is 18.1 Å². The highest BCUT2D eigenvalue weighted by Gasteiger charge is 2.23. The molecular weight excluding hydrogens is 416 g/mol. The maximum atomic E-state index is 13.2. The highest BCUT2D eigenvalue weighted by atomic mass is 32.1. The van der Waals surface area contributed by atoms with E-state index in [1.807, 2.05) is 24.3 Å². The quantitative estimate of drug-likeness (QED) is 0.350. The summed E-state index contributed by atoms with van der Waals surface area (Å²) in [5.74, 6) is -0.460. The fraction of sp³-hybridized carbons (Fsp3) is 0.429. The second kappa shape index (κ2) is 10.8. The smallest absolute Gasteiger partial charge is 0.350 e. The van der Waals surface area contributed by atoms with Gasteiger partial charge in [-0.2, -0.15) is 0 Å². The number of thiazole rings is 1. The molecule has 164 valence electrons. The molecule has 1 amide bonds. The molecule has 10 heteroatoms. The van der Waals surface area contributed by atoms with E-state index >= 15 is 0 Å². The number of aryl methyl sites for hydroxylation is 1. The number of tetrazole rings is 1. The van der Waals surface area contributed by atoms with Gasteiger partial charge in [0.1, 0.15) is 11.2 Å². The van der Waals surface area contributed by atoms with E-state index in [1.165, 1.54) is 17.7 Å². The van der Waals surface area contributed by atoms with E-state index < -0.39 is 5.97 Å². The summed E-state index contributed by atoms with van der Waals surface area (Å²) in [6.45, 7) is 6.50. The number of carbonyl (C=O) groups is 2. The lowest BCUT2D eigenvalue weighted by atomic mass is 10.1. The number of unbranched alkanes of at least 4 members (excludes halogenated alkanes) is 2. The Kier molecular flexibility index (Phi) is 7.82. The average Bonchev–Trinajstić information content (AvgIpc) is 3.42. The number of amides is 1. The predicted molar refractivity (Wildman–Crippen MR) is 118 cm³/mol. The Morgan fingerprint density at radius 3 is 2.58 bits per heavy atom. The number of aromatic nitrogens is 5. The van der Waals surface area contributed by atoms with Crippen molar-refractivity contribution in [1.82, 2.24) is 25.2 Å². The molecule has 1 aromatic carbocycles. The van der Waals surface area contributed by atoms with Crippen LogP contribution in [0.1, 0.15) is 54.0 Å². The SMILES string of the molecule is CCCCCN(C(=O)Cc1ccc(-n2cnnn2)cc1)c1nc(C)c(C(=O)OCC)s1. The van der Waals surface area contributed by atoms with Crippen molar-refractivity contribution >= 4 is 28.3 Å². The number of esters is 1. The third-order valence-corrected chi connectivity index (χ3v) is 5.83. The Labute approximate surface area is 185 Å². The minimum atomic E-state index is -0.400. The van der Waals surface area contributed by atoms with Gasteiger partial charge < -0.3 is 4.74 Å². The second-order valence-electron chi connectivity index (χ2n) is 6.98. The zero-order chi connectivity index (χ0) is 22.2. The van der Waals surface area contributed by atoms with Gasteiger partial charge in [-0.3, -0.25) is 9.69 Å². The first-order valence-corrected chi connectivity index (χ1v) is 11.1. The van der Waals surface area contributed by atoms with Crippen molar-refractivity contribution in [2.45, 2.75) is 46.5 Å². The molecule has 0 fully saturated rings. The number of anilines is 1. The molecule has 31 heavy (non-hydrogen) atoms. The standard InChI is InChI=1S/C21H26N6O3S/c1-4-6-7-12-26(21-23-15(3)19(31-21)20(29)30-5-2)18(28)13-16-8-10-17(11-9-16)27-14-22-24-25-27/h8-11,14H,4-7,12-13H2,1-3H3. The van der Waals surface area contributed by atoms with Gasteiger partial charge in [-0.25, -0.2) is 14.5 Å². The highest BCUT2D eigenvalue weighted by molar-refractivity contribution is 7.17. The minimum Gasteiger partial charge on any atom is -0.462 e. The molecule has 0 aliphatic rings. The molecular formula is C21H26N6O3S. The maximum absolute atomic E-state index is 13.2. The predicted octanol–water partition coefficient (Wildman–Crippen LogP) is 3.37. The van der Waals surface area contributed by atoms with Crippen LogP contribution in [0.25, 0.3) is 5.69 Å². The van der Waals surface area contributed by atoms with E-state index in [4.69, 9.17) is 4.74 Å². The van der Waals surface area contributed by atoms with Crippen LogP contribution in [0.15, 0.2) is 30.6 Å². The molecule has 2 aromatic heterocycles. The molecule has 0 radical (unpaired) electrons. The summed E-state index contributed by atoms with van der Waals surface area (Å²) in [5.41, 5.74) is 2.27. The Hall–Kier alpha value is -3.14. The largest absolute Gasteiger partial charge is 0.462 e. The lowest BCUT2D eigenvalue weighted by Crippen LogP contribution is -2.33. The molecule has 2 heterocycles. The minimum absolute atomic E-state index is 0.0598. The van der Waals surface area contributed by atoms with E-state index in [9.17, 15) is 9.59 Å². The molecule has 9 nitrogen and oxygen atoms in total. The third-order valence-electron chi connectivity index (χ3n) is 4.67. The number of ether oxygens (including phenoxy) is 1. The molecule has 0 saturated heterocycles. The van der Waals surface area contributed by atoms with Gasteiger partial charge in [0.15, 0.2) is 5.13 Å². The summed E-state index contributed by atoms with van der Waals surface area (Å²) < 4.78 is 6.66. The van der Waals surface area contributed by atoms with Crippen LogP contribution in [-0.4, -0.2) is 50.2 Å². The second-order valence-corrected chi connectivity index (χ2v) is 7.96. The molecule has 3 rings (SSSR count). The number of nitrogens with zero attached hydrogens (tertiary/aromatic N) is 6. The summed E-state index contributed by atoms with van der Waals surface area (Å²) in [7, 11) is 0. The molecule has 0 N–H and O–H groups in total. The topological polar surface area (TPSA) is 103 Å². The van der Waals surface area contributed by atoms with E-state index in [1.54, 1.807) is 23.4 Å². The van der Waals surface area contributed by atoms with Crippen molar-refractivity contribution in [3.8, 4) is 5.69 Å². The zero-order valence-corrected chi connectivity index (χ0v) is 18.8. The van der Waals surface area contributed by atoms with Crippen molar-refractivity contribution < 1.29 is 14.3 Å². The molecule has 0 spiro atoms. The van der Waals surface area contributed by atoms with Crippen molar-refractivity contribution in [1.29, 1.82) is 0 Å². The van der Waals surface area contributed by atoms with Gasteiger partial charge in [0.05, 0.1) is 24.4 Å². The van der Waals surface area contributed by atoms with Crippen LogP contribution in [-0.2, 0) is 16.0 Å². The summed E-state index contributed by atoms with van der Waals surface area (Å²) >= 11 is 1.21. The molecule has 0 bridgehead atoms. The normalized spacial score (nSPS) is 10.8. The first kappa shape index (κ1) is 22.5. The zero-order valence-electron chi connectivity index (χ0n) is 17.9. The molecule has 3 aromatic rings. The fourth-order valence-corrected chi connectivity index (χ4v) is 4.05. The van der Waals surface area contributed by atoms with Crippen LogP contribution in [0.5, 0.6) is 0 Å². The number of benzene rings is 1. The van der Waals surface area contributed by atoms with Crippen LogP contribution < -0.4 is 4.90 Å². The van der Waals surface area contributed by atoms with Gasteiger partial charge >= 0.3 is 5.97 Å². The van der Waals surface area contributed by atoms with Crippen molar-refractivity contribution in [2.24, 2.45) is 0 Å². The summed E-state index contributed by atoms with van der Waals surface area (Å²) in [4.78, 5) is 32.0. The highest BCUT2D eigenvalue weighted by Crippen LogP contribution is 2.28. The number of rotatable bonds is 10. The number of carbonyl (C=O) groups excluding carboxylic acids is 2. The van der Waals surface area contributed by atoms with Gasteiger partial charge in [0.25, 0.3) is 0 Å². The van der Waals surface area contributed by atoms with E-state index in [2.05, 4.69) is 27.4 Å². The third kappa shape index (κ3) is 5.72. The molecule has 0 saturated carbocycles. The molecule has 0 aliphatic carbocycles. The number of hydrogen-bond acceptors (Lipinski definition) is 8. The van der Waals surface area contributed by atoms with E-state index in [0.29, 0.717) is 28.9 Å². The van der Waals surface area contributed by atoms with Crippen LogP contribution in [0.2, 0.25) is 0 Å². The lowest BCUT2D eigenvalue weighted by Gasteiger charge is -2.20. The Morgan fingerprint density at radius 2 is 1.94 bits per heavy atom.